The highest BCUT2D eigenvalue weighted by Crippen LogP contribution is 2.27. The van der Waals surface area contributed by atoms with Crippen LogP contribution in [0.5, 0.6) is 5.75 Å². The van der Waals surface area contributed by atoms with Crippen LogP contribution in [-0.4, -0.2) is 25.2 Å². The number of benzene rings is 1. The van der Waals surface area contributed by atoms with Crippen LogP contribution in [0, 0.1) is 0 Å². The van der Waals surface area contributed by atoms with Gasteiger partial charge in [0.05, 0.1) is 7.11 Å². The minimum atomic E-state index is -4.39. The molecule has 2 rings (SSSR count). The van der Waals surface area contributed by atoms with Crippen molar-refractivity contribution in [1.82, 2.24) is 10.3 Å². The average Bonchev–Trinajstić information content (AvgIpc) is 2.54. The first-order valence-electron chi connectivity index (χ1n) is 7.36. The molecule has 0 aliphatic rings. The van der Waals surface area contributed by atoms with Gasteiger partial charge in [0.25, 0.3) is 0 Å². The number of hydrogen-bond acceptors (Lipinski definition) is 3. The Morgan fingerprint density at radius 1 is 1.00 bits per heavy atom. The van der Waals surface area contributed by atoms with Gasteiger partial charge >= 0.3 is 6.18 Å². The fourth-order valence-corrected chi connectivity index (χ4v) is 2.14. The summed E-state index contributed by atoms with van der Waals surface area (Å²) in [6.45, 7) is 1.34. The van der Waals surface area contributed by atoms with Gasteiger partial charge in [-0.1, -0.05) is 18.2 Å². The van der Waals surface area contributed by atoms with Gasteiger partial charge < -0.3 is 10.1 Å². The predicted octanol–water partition coefficient (Wildman–Crippen LogP) is 3.48. The Labute approximate surface area is 133 Å². The summed E-state index contributed by atoms with van der Waals surface area (Å²) in [5.74, 6) is 0.817. The monoisotopic (exact) mass is 324 g/mol. The quantitative estimate of drug-likeness (QED) is 0.792. The first-order chi connectivity index (χ1) is 11.0. The average molecular weight is 324 g/mol. The molecule has 3 nitrogen and oxygen atoms in total. The molecule has 2 aromatic rings. The largest absolute Gasteiger partial charge is 0.497 e. The van der Waals surface area contributed by atoms with Gasteiger partial charge in [0.15, 0.2) is 0 Å². The van der Waals surface area contributed by atoms with Crippen molar-refractivity contribution in [2.75, 3.05) is 20.2 Å². The molecule has 124 valence electrons. The summed E-state index contributed by atoms with van der Waals surface area (Å²) in [7, 11) is 1.62. The van der Waals surface area contributed by atoms with Crippen molar-refractivity contribution >= 4 is 0 Å². The van der Waals surface area contributed by atoms with E-state index in [9.17, 15) is 13.2 Å². The second-order valence-electron chi connectivity index (χ2n) is 5.11. The van der Waals surface area contributed by atoms with E-state index in [0.717, 1.165) is 24.8 Å². The first kappa shape index (κ1) is 17.3. The van der Waals surface area contributed by atoms with Crippen LogP contribution in [0.3, 0.4) is 0 Å². The number of ether oxygens (including phenoxy) is 1. The number of halogens is 3. The number of rotatable bonds is 7. The van der Waals surface area contributed by atoms with E-state index in [2.05, 4.69) is 10.3 Å². The molecule has 0 radical (unpaired) electrons. The van der Waals surface area contributed by atoms with Crippen molar-refractivity contribution in [2.45, 2.75) is 19.0 Å². The second-order valence-corrected chi connectivity index (χ2v) is 5.11. The van der Waals surface area contributed by atoms with Crippen molar-refractivity contribution in [3.05, 3.63) is 59.4 Å². The molecule has 0 fully saturated rings. The Morgan fingerprint density at radius 2 is 1.70 bits per heavy atom. The summed E-state index contributed by atoms with van der Waals surface area (Å²) in [6.07, 6.45) is -3.08. The van der Waals surface area contributed by atoms with E-state index in [0.29, 0.717) is 18.7 Å². The van der Waals surface area contributed by atoms with Crippen LogP contribution in [0.1, 0.15) is 17.0 Å². The Bertz CT molecular complexity index is 612. The number of alkyl halides is 3. The number of hydrogen-bond donors (Lipinski definition) is 1. The van der Waals surface area contributed by atoms with Crippen LogP contribution in [0.15, 0.2) is 42.5 Å². The van der Waals surface area contributed by atoms with Gasteiger partial charge in [0, 0.05) is 18.7 Å². The maximum absolute atomic E-state index is 12.6. The van der Waals surface area contributed by atoms with Gasteiger partial charge in [-0.2, -0.15) is 13.2 Å². The van der Waals surface area contributed by atoms with Gasteiger partial charge in [-0.15, -0.1) is 0 Å². The van der Waals surface area contributed by atoms with E-state index in [4.69, 9.17) is 4.74 Å². The lowest BCUT2D eigenvalue weighted by atomic mass is 10.1. The standard InChI is InChI=1S/C17H19F3N2O/c1-23-15-7-5-13(6-8-15)9-11-21-12-10-14-3-2-4-16(22-14)17(18,19)20/h2-8,21H,9-12H2,1H3. The third-order valence-electron chi connectivity index (χ3n) is 3.40. The fraction of sp³-hybridized carbons (Fsp3) is 0.353. The van der Waals surface area contributed by atoms with Crippen molar-refractivity contribution in [2.24, 2.45) is 0 Å². The summed E-state index contributed by atoms with van der Waals surface area (Å²) in [4.78, 5) is 3.64. The highest BCUT2D eigenvalue weighted by atomic mass is 19.4. The first-order valence-corrected chi connectivity index (χ1v) is 7.36. The zero-order chi connectivity index (χ0) is 16.7. The summed E-state index contributed by atoms with van der Waals surface area (Å²) >= 11 is 0. The highest BCUT2D eigenvalue weighted by Gasteiger charge is 2.32. The summed E-state index contributed by atoms with van der Waals surface area (Å²) in [5.41, 5.74) is 0.778. The van der Waals surface area contributed by atoms with Crippen LogP contribution in [0.25, 0.3) is 0 Å². The van der Waals surface area contributed by atoms with Crippen LogP contribution in [-0.2, 0) is 19.0 Å². The zero-order valence-electron chi connectivity index (χ0n) is 12.9. The van der Waals surface area contributed by atoms with Crippen LogP contribution in [0.4, 0.5) is 13.2 Å². The van der Waals surface area contributed by atoms with Gasteiger partial charge in [-0.3, -0.25) is 0 Å². The van der Waals surface area contributed by atoms with Crippen molar-refractivity contribution in [3.8, 4) is 5.75 Å². The van der Waals surface area contributed by atoms with Crippen LogP contribution < -0.4 is 10.1 Å². The van der Waals surface area contributed by atoms with Gasteiger partial charge in [0.1, 0.15) is 11.4 Å². The molecule has 1 heterocycles. The van der Waals surface area contributed by atoms with E-state index in [1.54, 1.807) is 13.2 Å². The second kappa shape index (κ2) is 7.97. The Hall–Kier alpha value is -2.08. The number of methoxy groups -OCH3 is 1. The van der Waals surface area contributed by atoms with Crippen LogP contribution >= 0.6 is 0 Å². The van der Waals surface area contributed by atoms with Crippen molar-refractivity contribution < 1.29 is 17.9 Å². The minimum absolute atomic E-state index is 0.441. The van der Waals surface area contributed by atoms with E-state index in [1.807, 2.05) is 24.3 Å². The topological polar surface area (TPSA) is 34.1 Å². The number of pyridine rings is 1. The molecule has 0 aliphatic heterocycles. The van der Waals surface area contributed by atoms with E-state index in [1.165, 1.54) is 11.6 Å². The van der Waals surface area contributed by atoms with Crippen molar-refractivity contribution in [3.63, 3.8) is 0 Å². The number of aromatic nitrogens is 1. The lowest BCUT2D eigenvalue weighted by Gasteiger charge is -2.08. The maximum Gasteiger partial charge on any atom is 0.433 e. The summed E-state index contributed by atoms with van der Waals surface area (Å²) in [6, 6.07) is 11.8. The van der Waals surface area contributed by atoms with Gasteiger partial charge in [-0.05, 0) is 42.8 Å². The molecule has 0 atom stereocenters. The molecule has 6 heteroatoms. The lowest BCUT2D eigenvalue weighted by molar-refractivity contribution is -0.141. The molecule has 1 aromatic heterocycles. The molecule has 0 saturated carbocycles. The third kappa shape index (κ3) is 5.56. The lowest BCUT2D eigenvalue weighted by Crippen LogP contribution is -2.21. The molecular weight excluding hydrogens is 305 g/mol. The normalized spacial score (nSPS) is 11.5. The Morgan fingerprint density at radius 3 is 2.35 bits per heavy atom. The van der Waals surface area contributed by atoms with E-state index < -0.39 is 11.9 Å². The molecule has 0 aliphatic carbocycles. The molecule has 23 heavy (non-hydrogen) atoms. The van der Waals surface area contributed by atoms with Crippen LogP contribution in [0.2, 0.25) is 0 Å². The smallest absolute Gasteiger partial charge is 0.433 e. The van der Waals surface area contributed by atoms with Gasteiger partial charge in [0.2, 0.25) is 0 Å². The molecule has 0 amide bonds. The Balaban J connectivity index is 1.73. The summed E-state index contributed by atoms with van der Waals surface area (Å²) in [5, 5.41) is 3.22. The molecule has 0 saturated heterocycles. The third-order valence-corrected chi connectivity index (χ3v) is 3.40. The highest BCUT2D eigenvalue weighted by molar-refractivity contribution is 5.27. The fourth-order valence-electron chi connectivity index (χ4n) is 2.14. The molecule has 1 N–H and O–H groups in total. The maximum atomic E-state index is 12.6. The minimum Gasteiger partial charge on any atom is -0.497 e. The molecule has 0 unspecified atom stereocenters. The molecule has 1 aromatic carbocycles. The van der Waals surface area contributed by atoms with E-state index in [-0.39, 0.29) is 0 Å². The SMILES string of the molecule is COc1ccc(CCNCCc2cccc(C(F)(F)F)n2)cc1. The predicted molar refractivity (Wildman–Crippen MR) is 82.5 cm³/mol. The van der Waals surface area contributed by atoms with Gasteiger partial charge in [-0.25, -0.2) is 4.98 Å². The molecule has 0 spiro atoms. The number of nitrogens with zero attached hydrogens (tertiary/aromatic N) is 1. The number of nitrogens with one attached hydrogen (secondary N) is 1. The zero-order valence-corrected chi connectivity index (χ0v) is 12.9. The Kier molecular flexibility index (Phi) is 5.98. The summed E-state index contributed by atoms with van der Waals surface area (Å²) < 4.78 is 42.8. The van der Waals surface area contributed by atoms with E-state index >= 15 is 0 Å². The molecule has 0 bridgehead atoms. The molecular formula is C17H19F3N2O. The van der Waals surface area contributed by atoms with Crippen molar-refractivity contribution in [1.29, 1.82) is 0 Å².